The van der Waals surface area contributed by atoms with E-state index in [1.807, 2.05) is 6.07 Å². The van der Waals surface area contributed by atoms with Gasteiger partial charge in [0.25, 0.3) is 0 Å². The summed E-state index contributed by atoms with van der Waals surface area (Å²) in [6, 6.07) is 8.46. The highest BCUT2D eigenvalue weighted by atomic mass is 16.5. The number of imidazole rings is 1. The maximum absolute atomic E-state index is 5.63. The number of rotatable bonds is 8. The number of aromatic nitrogens is 2. The number of nitrogens with one attached hydrogen (secondary N) is 1. The summed E-state index contributed by atoms with van der Waals surface area (Å²) in [7, 11) is 2.07. The summed E-state index contributed by atoms with van der Waals surface area (Å²) < 4.78 is 7.79. The molecule has 1 heterocycles. The van der Waals surface area contributed by atoms with Gasteiger partial charge in [-0.25, -0.2) is 4.98 Å². The van der Waals surface area contributed by atoms with Crippen molar-refractivity contribution < 1.29 is 4.74 Å². The van der Waals surface area contributed by atoms with E-state index in [9.17, 15) is 0 Å². The number of nitrogens with zero attached hydrogens (tertiary/aromatic N) is 2. The zero-order valence-corrected chi connectivity index (χ0v) is 13.6. The molecule has 0 bridgehead atoms. The van der Waals surface area contributed by atoms with Crippen LogP contribution in [0.4, 0.5) is 0 Å². The number of aryl methyl sites for hydroxylation is 1. The van der Waals surface area contributed by atoms with E-state index in [1.165, 1.54) is 5.52 Å². The topological polar surface area (TPSA) is 39.1 Å². The van der Waals surface area contributed by atoms with Gasteiger partial charge in [0, 0.05) is 20.2 Å². The second kappa shape index (κ2) is 7.57. The molecular formula is C17H27N3O. The fraction of sp³-hybridized carbons (Fsp3) is 0.588. The third-order valence-corrected chi connectivity index (χ3v) is 3.75. The molecule has 1 unspecified atom stereocenters. The van der Waals surface area contributed by atoms with Crippen molar-refractivity contribution in [2.45, 2.75) is 33.2 Å². The van der Waals surface area contributed by atoms with Gasteiger partial charge in [-0.3, -0.25) is 0 Å². The fourth-order valence-corrected chi connectivity index (χ4v) is 2.41. The van der Waals surface area contributed by atoms with E-state index in [0.717, 1.165) is 37.5 Å². The predicted molar refractivity (Wildman–Crippen MR) is 87.4 cm³/mol. The van der Waals surface area contributed by atoms with Gasteiger partial charge in [-0.15, -0.1) is 0 Å². The molecule has 0 saturated carbocycles. The molecule has 4 nitrogen and oxygen atoms in total. The van der Waals surface area contributed by atoms with Crippen LogP contribution in [0, 0.1) is 5.92 Å². The molecule has 116 valence electrons. The van der Waals surface area contributed by atoms with Gasteiger partial charge in [-0.2, -0.15) is 0 Å². The summed E-state index contributed by atoms with van der Waals surface area (Å²) in [6.07, 6.45) is 1.13. The summed E-state index contributed by atoms with van der Waals surface area (Å²) in [5.74, 6) is 1.77. The van der Waals surface area contributed by atoms with Crippen molar-refractivity contribution in [3.63, 3.8) is 0 Å². The van der Waals surface area contributed by atoms with Gasteiger partial charge in [-0.1, -0.05) is 26.0 Å². The average Bonchev–Trinajstić information content (AvgIpc) is 2.80. The molecule has 4 heteroatoms. The summed E-state index contributed by atoms with van der Waals surface area (Å²) in [5, 5.41) is 3.48. The Morgan fingerprint density at radius 2 is 1.95 bits per heavy atom. The van der Waals surface area contributed by atoms with E-state index in [0.29, 0.717) is 5.92 Å². The van der Waals surface area contributed by atoms with E-state index in [-0.39, 0.29) is 6.04 Å². The Balaban J connectivity index is 1.82. The summed E-state index contributed by atoms with van der Waals surface area (Å²) in [6.45, 7) is 9.03. The number of fused-ring (bicyclic) bond motifs is 1. The van der Waals surface area contributed by atoms with Crippen molar-refractivity contribution in [3.8, 4) is 0 Å². The lowest BCUT2D eigenvalue weighted by molar-refractivity contribution is 0.123. The molecule has 0 aliphatic carbocycles. The van der Waals surface area contributed by atoms with Crippen LogP contribution >= 0.6 is 0 Å². The Hall–Kier alpha value is -1.39. The minimum Gasteiger partial charge on any atom is -0.380 e. The number of para-hydroxylation sites is 2. The van der Waals surface area contributed by atoms with Crippen LogP contribution in [-0.4, -0.2) is 29.3 Å². The molecule has 0 radical (unpaired) electrons. The maximum atomic E-state index is 5.63. The molecular weight excluding hydrogens is 262 g/mol. The second-order valence-corrected chi connectivity index (χ2v) is 5.99. The van der Waals surface area contributed by atoms with Crippen LogP contribution in [0.2, 0.25) is 0 Å². The minimum atomic E-state index is 0.219. The van der Waals surface area contributed by atoms with Gasteiger partial charge in [0.1, 0.15) is 5.82 Å². The van der Waals surface area contributed by atoms with Crippen LogP contribution < -0.4 is 5.32 Å². The zero-order chi connectivity index (χ0) is 15.2. The predicted octanol–water partition coefficient (Wildman–Crippen LogP) is 3.29. The molecule has 1 aromatic heterocycles. The fourth-order valence-electron chi connectivity index (χ4n) is 2.41. The minimum absolute atomic E-state index is 0.219. The lowest BCUT2D eigenvalue weighted by Gasteiger charge is -2.14. The third-order valence-electron chi connectivity index (χ3n) is 3.75. The molecule has 1 atom stereocenters. The third kappa shape index (κ3) is 4.29. The van der Waals surface area contributed by atoms with Crippen LogP contribution in [0.1, 0.15) is 39.1 Å². The van der Waals surface area contributed by atoms with Gasteiger partial charge in [0.05, 0.1) is 23.7 Å². The quantitative estimate of drug-likeness (QED) is 0.758. The van der Waals surface area contributed by atoms with Crippen molar-refractivity contribution in [1.82, 2.24) is 14.9 Å². The molecule has 1 aromatic carbocycles. The first kappa shape index (κ1) is 16.0. The van der Waals surface area contributed by atoms with Gasteiger partial charge < -0.3 is 14.6 Å². The van der Waals surface area contributed by atoms with Crippen molar-refractivity contribution in [1.29, 1.82) is 0 Å². The Bertz CT molecular complexity index is 562. The molecule has 1 N–H and O–H groups in total. The van der Waals surface area contributed by atoms with Gasteiger partial charge in [-0.05, 0) is 31.4 Å². The first-order valence-electron chi connectivity index (χ1n) is 7.82. The highest BCUT2D eigenvalue weighted by molar-refractivity contribution is 5.75. The van der Waals surface area contributed by atoms with Crippen LogP contribution in [0.5, 0.6) is 0 Å². The Morgan fingerprint density at radius 3 is 2.67 bits per heavy atom. The molecule has 0 aliphatic rings. The zero-order valence-electron chi connectivity index (χ0n) is 13.6. The van der Waals surface area contributed by atoms with Crippen molar-refractivity contribution in [2.75, 3.05) is 19.8 Å². The van der Waals surface area contributed by atoms with Gasteiger partial charge in [0.2, 0.25) is 0 Å². The van der Waals surface area contributed by atoms with E-state index < -0.39 is 0 Å². The Labute approximate surface area is 127 Å². The Kier molecular flexibility index (Phi) is 5.76. The van der Waals surface area contributed by atoms with Crippen molar-refractivity contribution >= 4 is 11.0 Å². The second-order valence-electron chi connectivity index (χ2n) is 5.99. The van der Waals surface area contributed by atoms with Crippen LogP contribution in [0.25, 0.3) is 11.0 Å². The number of hydrogen-bond donors (Lipinski definition) is 1. The van der Waals surface area contributed by atoms with Crippen LogP contribution in [0.15, 0.2) is 24.3 Å². The first-order chi connectivity index (χ1) is 10.1. The SMILES string of the molecule is CC(C)CCOCCNC(C)c1nc2ccccc2n1C. The van der Waals surface area contributed by atoms with Gasteiger partial charge in [0.15, 0.2) is 0 Å². The first-order valence-corrected chi connectivity index (χ1v) is 7.82. The van der Waals surface area contributed by atoms with E-state index in [4.69, 9.17) is 9.72 Å². The molecule has 0 fully saturated rings. The van der Waals surface area contributed by atoms with E-state index in [1.54, 1.807) is 0 Å². The van der Waals surface area contributed by atoms with E-state index >= 15 is 0 Å². The lowest BCUT2D eigenvalue weighted by Crippen LogP contribution is -2.25. The van der Waals surface area contributed by atoms with E-state index in [2.05, 4.69) is 55.9 Å². The highest BCUT2D eigenvalue weighted by Crippen LogP contribution is 2.18. The molecule has 0 saturated heterocycles. The normalized spacial score (nSPS) is 13.2. The van der Waals surface area contributed by atoms with Crippen molar-refractivity contribution in [2.24, 2.45) is 13.0 Å². The summed E-state index contributed by atoms with van der Waals surface area (Å²) >= 11 is 0. The maximum Gasteiger partial charge on any atom is 0.126 e. The number of hydrogen-bond acceptors (Lipinski definition) is 3. The van der Waals surface area contributed by atoms with Crippen LogP contribution in [-0.2, 0) is 11.8 Å². The largest absolute Gasteiger partial charge is 0.380 e. The summed E-state index contributed by atoms with van der Waals surface area (Å²) in [5.41, 5.74) is 2.23. The molecule has 0 aliphatic heterocycles. The average molecular weight is 289 g/mol. The standard InChI is InChI=1S/C17H27N3O/c1-13(2)9-11-21-12-10-18-14(3)17-19-15-7-5-6-8-16(15)20(17)4/h5-8,13-14,18H,9-12H2,1-4H3. The summed E-state index contributed by atoms with van der Waals surface area (Å²) in [4.78, 5) is 4.71. The molecule has 21 heavy (non-hydrogen) atoms. The Morgan fingerprint density at radius 1 is 1.19 bits per heavy atom. The smallest absolute Gasteiger partial charge is 0.126 e. The monoisotopic (exact) mass is 289 g/mol. The number of benzene rings is 1. The molecule has 2 aromatic rings. The lowest BCUT2D eigenvalue weighted by atomic mass is 10.1. The van der Waals surface area contributed by atoms with Crippen LogP contribution in [0.3, 0.4) is 0 Å². The molecule has 0 spiro atoms. The highest BCUT2D eigenvalue weighted by Gasteiger charge is 2.13. The molecule has 0 amide bonds. The molecule has 2 rings (SSSR count). The van der Waals surface area contributed by atoms with Gasteiger partial charge >= 0.3 is 0 Å². The van der Waals surface area contributed by atoms with Crippen molar-refractivity contribution in [3.05, 3.63) is 30.1 Å². The number of ether oxygens (including phenoxy) is 1.